The van der Waals surface area contributed by atoms with Crippen LogP contribution in [0.5, 0.6) is 0 Å². The normalized spacial score (nSPS) is 23.7. The van der Waals surface area contributed by atoms with Crippen LogP contribution in [-0.2, 0) is 4.74 Å². The van der Waals surface area contributed by atoms with E-state index in [0.717, 1.165) is 42.5 Å². The summed E-state index contributed by atoms with van der Waals surface area (Å²) in [6.45, 7) is 3.03. The molecule has 1 fully saturated rings. The number of aromatic nitrogens is 3. The van der Waals surface area contributed by atoms with Crippen LogP contribution in [0.4, 0.5) is 4.79 Å². The fourth-order valence-electron chi connectivity index (χ4n) is 3.94. The molecule has 0 spiro atoms. The second-order valence-electron chi connectivity index (χ2n) is 6.05. The number of likely N-dealkylation sites (tertiary alicyclic amines) is 1. The van der Waals surface area contributed by atoms with Crippen molar-refractivity contribution in [3.8, 4) is 0 Å². The van der Waals surface area contributed by atoms with E-state index >= 15 is 0 Å². The van der Waals surface area contributed by atoms with Crippen LogP contribution in [0.2, 0.25) is 0 Å². The number of carbonyl (C=O) groups is 1. The predicted octanol–water partition coefficient (Wildman–Crippen LogP) is 2.98. The van der Waals surface area contributed by atoms with Crippen molar-refractivity contribution in [2.24, 2.45) is 5.92 Å². The third kappa shape index (κ3) is 2.29. The van der Waals surface area contributed by atoms with E-state index in [-0.39, 0.29) is 12.1 Å². The molecule has 1 aliphatic heterocycles. The number of hydrogen-bond acceptors (Lipinski definition) is 4. The van der Waals surface area contributed by atoms with E-state index in [9.17, 15) is 4.79 Å². The van der Waals surface area contributed by atoms with Crippen LogP contribution in [-0.4, -0.2) is 45.1 Å². The van der Waals surface area contributed by atoms with Gasteiger partial charge in [-0.25, -0.2) is 14.8 Å². The van der Waals surface area contributed by atoms with Gasteiger partial charge in [0, 0.05) is 30.1 Å². The zero-order chi connectivity index (χ0) is 15.8. The minimum atomic E-state index is -0.185. The summed E-state index contributed by atoms with van der Waals surface area (Å²) in [5, 5.41) is 1.05. The maximum absolute atomic E-state index is 12.2. The molecular weight excluding hydrogens is 292 g/mol. The first-order chi connectivity index (χ1) is 11.3. The van der Waals surface area contributed by atoms with Crippen LogP contribution in [0, 0.1) is 5.92 Å². The fraction of sp³-hybridized carbons (Fsp3) is 0.471. The molecule has 4 rings (SSSR count). The van der Waals surface area contributed by atoms with Crippen molar-refractivity contribution in [3.05, 3.63) is 30.4 Å². The van der Waals surface area contributed by atoms with Gasteiger partial charge in [0.05, 0.1) is 12.3 Å². The van der Waals surface area contributed by atoms with E-state index in [1.54, 1.807) is 6.33 Å². The Bertz CT molecular complexity index is 767. The molecular formula is C17H20N4O2. The smallest absolute Gasteiger partial charge is 0.410 e. The number of fused-ring (bicyclic) bond motifs is 2. The van der Waals surface area contributed by atoms with Crippen molar-refractivity contribution in [2.45, 2.75) is 32.2 Å². The number of aromatic amines is 1. The van der Waals surface area contributed by atoms with Crippen LogP contribution in [0.1, 0.15) is 31.9 Å². The molecule has 2 aromatic rings. The van der Waals surface area contributed by atoms with Crippen LogP contribution in [0.25, 0.3) is 16.6 Å². The minimum absolute atomic E-state index is 0.185. The van der Waals surface area contributed by atoms with Crippen molar-refractivity contribution >= 4 is 22.7 Å². The zero-order valence-electron chi connectivity index (χ0n) is 13.2. The summed E-state index contributed by atoms with van der Waals surface area (Å²) in [6.07, 6.45) is 8.52. The van der Waals surface area contributed by atoms with Crippen molar-refractivity contribution < 1.29 is 9.53 Å². The highest BCUT2D eigenvalue weighted by Crippen LogP contribution is 2.42. The Hall–Kier alpha value is -2.37. The van der Waals surface area contributed by atoms with E-state index in [0.29, 0.717) is 12.5 Å². The lowest BCUT2D eigenvalue weighted by molar-refractivity contribution is 0.0987. The number of allylic oxidation sites excluding steroid dienone is 1. The van der Waals surface area contributed by atoms with Crippen molar-refractivity contribution in [1.29, 1.82) is 0 Å². The second-order valence-corrected chi connectivity index (χ2v) is 6.05. The van der Waals surface area contributed by atoms with Crippen LogP contribution >= 0.6 is 0 Å². The van der Waals surface area contributed by atoms with Gasteiger partial charge < -0.3 is 14.6 Å². The molecule has 0 aromatic carbocycles. The van der Waals surface area contributed by atoms with Crippen molar-refractivity contribution in [2.75, 3.05) is 13.2 Å². The summed E-state index contributed by atoms with van der Waals surface area (Å²) >= 11 is 0. The van der Waals surface area contributed by atoms with E-state index in [1.165, 1.54) is 5.57 Å². The summed E-state index contributed by atoms with van der Waals surface area (Å²) < 4.78 is 5.21. The van der Waals surface area contributed by atoms with E-state index in [4.69, 9.17) is 4.74 Å². The average molecular weight is 312 g/mol. The van der Waals surface area contributed by atoms with Gasteiger partial charge in [0.15, 0.2) is 0 Å². The van der Waals surface area contributed by atoms with Crippen LogP contribution < -0.4 is 0 Å². The van der Waals surface area contributed by atoms with Crippen molar-refractivity contribution in [3.63, 3.8) is 0 Å². The molecule has 2 atom stereocenters. The Morgan fingerprint density at radius 2 is 2.35 bits per heavy atom. The molecule has 2 aliphatic rings. The van der Waals surface area contributed by atoms with E-state index < -0.39 is 0 Å². The number of hydrogen-bond donors (Lipinski definition) is 1. The molecule has 2 aromatic heterocycles. The Kier molecular flexibility index (Phi) is 3.52. The summed E-state index contributed by atoms with van der Waals surface area (Å²) in [4.78, 5) is 26.0. The fourth-order valence-corrected chi connectivity index (χ4v) is 3.94. The molecule has 0 radical (unpaired) electrons. The number of nitrogens with zero attached hydrogens (tertiary/aromatic N) is 3. The molecule has 1 aliphatic carbocycles. The summed E-state index contributed by atoms with van der Waals surface area (Å²) in [6, 6.07) is 2.24. The van der Waals surface area contributed by atoms with Gasteiger partial charge in [0.2, 0.25) is 0 Å². The highest BCUT2D eigenvalue weighted by molar-refractivity contribution is 5.89. The monoisotopic (exact) mass is 312 g/mol. The molecule has 0 saturated carbocycles. The summed E-state index contributed by atoms with van der Waals surface area (Å²) in [5.74, 6) is 0.334. The summed E-state index contributed by atoms with van der Waals surface area (Å²) in [7, 11) is 0. The highest BCUT2D eigenvalue weighted by atomic mass is 16.6. The third-order valence-corrected chi connectivity index (χ3v) is 4.90. The molecule has 1 N–H and O–H groups in total. The molecule has 1 amide bonds. The standard InChI is InChI=1S/C17H20N4O2/c1-2-23-17(22)21-9-7-11-12(4-3-5-14(11)21)15-13-6-8-18-16(13)20-10-19-15/h4,6,8,10-11,14H,2-3,5,7,9H2,1H3,(H,18,19,20). The van der Waals surface area contributed by atoms with Crippen LogP contribution in [0.15, 0.2) is 24.7 Å². The number of ether oxygens (including phenoxy) is 1. The summed E-state index contributed by atoms with van der Waals surface area (Å²) in [5.41, 5.74) is 3.11. The number of carbonyl (C=O) groups excluding carboxylic acids is 1. The predicted molar refractivity (Wildman–Crippen MR) is 86.7 cm³/mol. The van der Waals surface area contributed by atoms with Gasteiger partial charge in [-0.3, -0.25) is 0 Å². The Morgan fingerprint density at radius 3 is 3.22 bits per heavy atom. The number of amides is 1. The largest absolute Gasteiger partial charge is 0.450 e. The maximum Gasteiger partial charge on any atom is 0.410 e. The van der Waals surface area contributed by atoms with E-state index in [2.05, 4.69) is 21.0 Å². The first-order valence-electron chi connectivity index (χ1n) is 8.21. The molecule has 120 valence electrons. The topological polar surface area (TPSA) is 71.1 Å². The Balaban J connectivity index is 1.68. The number of nitrogens with one attached hydrogen (secondary N) is 1. The third-order valence-electron chi connectivity index (χ3n) is 4.90. The van der Waals surface area contributed by atoms with E-state index in [1.807, 2.05) is 24.1 Å². The van der Waals surface area contributed by atoms with Gasteiger partial charge in [-0.15, -0.1) is 0 Å². The molecule has 23 heavy (non-hydrogen) atoms. The first kappa shape index (κ1) is 14.2. The molecule has 1 saturated heterocycles. The van der Waals surface area contributed by atoms with Gasteiger partial charge >= 0.3 is 6.09 Å². The van der Waals surface area contributed by atoms with Crippen molar-refractivity contribution in [1.82, 2.24) is 19.9 Å². The molecule has 6 nitrogen and oxygen atoms in total. The van der Waals surface area contributed by atoms with Gasteiger partial charge in [0.25, 0.3) is 0 Å². The lowest BCUT2D eigenvalue weighted by Crippen LogP contribution is -2.39. The van der Waals surface area contributed by atoms with Crippen LogP contribution in [0.3, 0.4) is 0 Å². The van der Waals surface area contributed by atoms with Gasteiger partial charge in [0.1, 0.15) is 12.0 Å². The number of rotatable bonds is 2. The Morgan fingerprint density at radius 1 is 1.43 bits per heavy atom. The SMILES string of the molecule is CCOC(=O)N1CCC2C(c3ncnc4[nH]ccc34)=CCCC21. The van der Waals surface area contributed by atoms with Gasteiger partial charge in [-0.05, 0) is 37.8 Å². The molecule has 3 heterocycles. The quantitative estimate of drug-likeness (QED) is 0.925. The first-order valence-corrected chi connectivity index (χ1v) is 8.21. The lowest BCUT2D eigenvalue weighted by Gasteiger charge is -2.31. The highest BCUT2D eigenvalue weighted by Gasteiger charge is 2.41. The maximum atomic E-state index is 12.2. The van der Waals surface area contributed by atoms with Gasteiger partial charge in [-0.1, -0.05) is 6.08 Å². The average Bonchev–Trinajstić information content (AvgIpc) is 3.21. The molecule has 0 bridgehead atoms. The van der Waals surface area contributed by atoms with Gasteiger partial charge in [-0.2, -0.15) is 0 Å². The minimum Gasteiger partial charge on any atom is -0.450 e. The molecule has 6 heteroatoms. The Labute approximate surface area is 134 Å². The lowest BCUT2D eigenvalue weighted by atomic mass is 9.81. The molecule has 2 unspecified atom stereocenters. The second kappa shape index (κ2) is 5.68. The number of H-pyrrole nitrogens is 1. The zero-order valence-corrected chi connectivity index (χ0v) is 13.2.